The molecule has 1 rings (SSSR count). The van der Waals surface area contributed by atoms with Gasteiger partial charge in [0, 0.05) is 39.5 Å². The van der Waals surface area contributed by atoms with E-state index in [-0.39, 0.29) is 24.3 Å². The summed E-state index contributed by atoms with van der Waals surface area (Å²) in [6.07, 6.45) is 1.80. The van der Waals surface area contributed by atoms with E-state index in [0.717, 1.165) is 12.8 Å². The smallest absolute Gasteiger partial charge is 0.317 e. The van der Waals surface area contributed by atoms with Crippen molar-refractivity contribution in [3.63, 3.8) is 0 Å². The lowest BCUT2D eigenvalue weighted by molar-refractivity contribution is -0.137. The second kappa shape index (κ2) is 8.49. The highest BCUT2D eigenvalue weighted by atomic mass is 16.4. The molecule has 1 heterocycles. The maximum Gasteiger partial charge on any atom is 0.317 e. The van der Waals surface area contributed by atoms with Crippen LogP contribution in [-0.2, 0) is 9.59 Å². The lowest BCUT2D eigenvalue weighted by atomic mass is 9.97. The topological polar surface area (TPSA) is 98.7 Å². The standard InChI is InChI=1S/C14H25N3O4/c1-10(7-13(19)20)8-16-14(21)17-5-3-12(4-6-17)9-15-11(2)18/h10,12H,3-9H2,1-2H3,(H,15,18)(H,16,21)(H,19,20). The SMILES string of the molecule is CC(=O)NCC1CCN(C(=O)NCC(C)CC(=O)O)CC1. The van der Waals surface area contributed by atoms with Gasteiger partial charge < -0.3 is 20.6 Å². The summed E-state index contributed by atoms with van der Waals surface area (Å²) in [6.45, 7) is 5.68. The van der Waals surface area contributed by atoms with E-state index in [1.807, 2.05) is 0 Å². The van der Waals surface area contributed by atoms with Crippen LogP contribution in [0.4, 0.5) is 4.79 Å². The Morgan fingerprint density at radius 3 is 2.38 bits per heavy atom. The van der Waals surface area contributed by atoms with Crippen molar-refractivity contribution in [2.24, 2.45) is 11.8 Å². The van der Waals surface area contributed by atoms with Crippen LogP contribution >= 0.6 is 0 Å². The number of rotatable bonds is 6. The van der Waals surface area contributed by atoms with Crippen LogP contribution in [0.2, 0.25) is 0 Å². The number of carbonyl (C=O) groups excluding carboxylic acids is 2. The summed E-state index contributed by atoms with van der Waals surface area (Å²) in [5.74, 6) is -0.536. The van der Waals surface area contributed by atoms with Crippen LogP contribution in [0.1, 0.15) is 33.1 Å². The molecule has 0 bridgehead atoms. The summed E-state index contributed by atoms with van der Waals surface area (Å²) in [4.78, 5) is 35.1. The van der Waals surface area contributed by atoms with Gasteiger partial charge in [0.1, 0.15) is 0 Å². The molecule has 1 unspecified atom stereocenters. The molecule has 0 radical (unpaired) electrons. The molecule has 0 aromatic carbocycles. The van der Waals surface area contributed by atoms with Gasteiger partial charge in [-0.3, -0.25) is 9.59 Å². The largest absolute Gasteiger partial charge is 0.481 e. The molecule has 1 saturated heterocycles. The first-order valence-electron chi connectivity index (χ1n) is 7.37. The Kier molecular flexibility index (Phi) is 6.98. The van der Waals surface area contributed by atoms with Crippen LogP contribution in [0.3, 0.4) is 0 Å². The lowest BCUT2D eigenvalue weighted by Gasteiger charge is -2.32. The fraction of sp³-hybridized carbons (Fsp3) is 0.786. The van der Waals surface area contributed by atoms with Crippen molar-refractivity contribution in [2.45, 2.75) is 33.1 Å². The van der Waals surface area contributed by atoms with Crippen LogP contribution < -0.4 is 10.6 Å². The number of nitrogens with zero attached hydrogens (tertiary/aromatic N) is 1. The van der Waals surface area contributed by atoms with Crippen molar-refractivity contribution in [1.29, 1.82) is 0 Å². The lowest BCUT2D eigenvalue weighted by Crippen LogP contribution is -2.46. The molecular formula is C14H25N3O4. The zero-order chi connectivity index (χ0) is 15.8. The van der Waals surface area contributed by atoms with Crippen molar-refractivity contribution in [3.8, 4) is 0 Å². The highest BCUT2D eigenvalue weighted by Gasteiger charge is 2.23. The molecule has 21 heavy (non-hydrogen) atoms. The monoisotopic (exact) mass is 299 g/mol. The van der Waals surface area contributed by atoms with Gasteiger partial charge >= 0.3 is 12.0 Å². The summed E-state index contributed by atoms with van der Waals surface area (Å²) in [7, 11) is 0. The van der Waals surface area contributed by atoms with Crippen molar-refractivity contribution in [2.75, 3.05) is 26.2 Å². The Bertz CT molecular complexity index is 378. The number of hydrogen-bond acceptors (Lipinski definition) is 3. The summed E-state index contributed by atoms with van der Waals surface area (Å²) >= 11 is 0. The number of urea groups is 1. The summed E-state index contributed by atoms with van der Waals surface area (Å²) < 4.78 is 0. The van der Waals surface area contributed by atoms with Gasteiger partial charge in [-0.15, -0.1) is 0 Å². The molecule has 1 atom stereocenters. The van der Waals surface area contributed by atoms with Gasteiger partial charge in [-0.2, -0.15) is 0 Å². The summed E-state index contributed by atoms with van der Waals surface area (Å²) in [6, 6.07) is -0.134. The average Bonchev–Trinajstić information content (AvgIpc) is 2.42. The number of hydrogen-bond donors (Lipinski definition) is 3. The third-order valence-corrected chi connectivity index (χ3v) is 3.67. The van der Waals surface area contributed by atoms with E-state index in [9.17, 15) is 14.4 Å². The molecule has 0 spiro atoms. The van der Waals surface area contributed by atoms with E-state index < -0.39 is 5.97 Å². The molecular weight excluding hydrogens is 274 g/mol. The third-order valence-electron chi connectivity index (χ3n) is 3.67. The van der Waals surface area contributed by atoms with Gasteiger partial charge in [-0.25, -0.2) is 4.79 Å². The Hall–Kier alpha value is -1.79. The predicted octanol–water partition coefficient (Wildman–Crippen LogP) is 0.655. The normalized spacial score (nSPS) is 17.1. The first-order chi connectivity index (χ1) is 9.88. The first kappa shape index (κ1) is 17.3. The van der Waals surface area contributed by atoms with Crippen LogP contribution in [0.15, 0.2) is 0 Å². The Morgan fingerprint density at radius 2 is 1.86 bits per heavy atom. The maximum absolute atomic E-state index is 12.0. The minimum absolute atomic E-state index is 0.0254. The molecule has 0 saturated carbocycles. The quantitative estimate of drug-likeness (QED) is 0.671. The highest BCUT2D eigenvalue weighted by molar-refractivity contribution is 5.74. The van der Waals surface area contributed by atoms with Crippen molar-refractivity contribution in [1.82, 2.24) is 15.5 Å². The van der Waals surface area contributed by atoms with E-state index in [1.54, 1.807) is 11.8 Å². The second-order valence-electron chi connectivity index (χ2n) is 5.76. The molecule has 1 aliphatic rings. The average molecular weight is 299 g/mol. The zero-order valence-electron chi connectivity index (χ0n) is 12.7. The third kappa shape index (κ3) is 6.97. The number of carboxylic acid groups (broad SMARTS) is 1. The van der Waals surface area contributed by atoms with Crippen LogP contribution in [0, 0.1) is 11.8 Å². The predicted molar refractivity (Wildman–Crippen MR) is 77.8 cm³/mol. The molecule has 120 valence electrons. The molecule has 1 fully saturated rings. The fourth-order valence-corrected chi connectivity index (χ4v) is 2.37. The Morgan fingerprint density at radius 1 is 1.24 bits per heavy atom. The van der Waals surface area contributed by atoms with Gasteiger partial charge in [-0.1, -0.05) is 6.92 Å². The molecule has 3 amide bonds. The molecule has 1 aliphatic heterocycles. The van der Waals surface area contributed by atoms with E-state index in [1.165, 1.54) is 6.92 Å². The molecule has 3 N–H and O–H groups in total. The number of nitrogens with one attached hydrogen (secondary N) is 2. The van der Waals surface area contributed by atoms with E-state index in [4.69, 9.17) is 5.11 Å². The molecule has 0 aromatic heterocycles. The summed E-state index contributed by atoms with van der Waals surface area (Å²) in [5.41, 5.74) is 0. The van der Waals surface area contributed by atoms with Crippen LogP contribution in [0.5, 0.6) is 0 Å². The molecule has 0 aromatic rings. The number of piperidine rings is 1. The van der Waals surface area contributed by atoms with Crippen LogP contribution in [-0.4, -0.2) is 54.1 Å². The molecule has 0 aliphatic carbocycles. The van der Waals surface area contributed by atoms with E-state index in [2.05, 4.69) is 10.6 Å². The van der Waals surface area contributed by atoms with Gasteiger partial charge in [0.2, 0.25) is 5.91 Å². The minimum atomic E-state index is -0.851. The Balaban J connectivity index is 2.22. The number of amides is 3. The maximum atomic E-state index is 12.0. The van der Waals surface area contributed by atoms with Gasteiger partial charge in [0.25, 0.3) is 0 Å². The first-order valence-corrected chi connectivity index (χ1v) is 7.37. The Labute approximate surface area is 125 Å². The number of carbonyl (C=O) groups is 3. The van der Waals surface area contributed by atoms with Crippen molar-refractivity contribution >= 4 is 17.9 Å². The van der Waals surface area contributed by atoms with E-state index in [0.29, 0.717) is 32.1 Å². The van der Waals surface area contributed by atoms with Crippen molar-refractivity contribution in [3.05, 3.63) is 0 Å². The van der Waals surface area contributed by atoms with Crippen molar-refractivity contribution < 1.29 is 19.5 Å². The van der Waals surface area contributed by atoms with E-state index >= 15 is 0 Å². The number of aliphatic carboxylic acids is 1. The highest BCUT2D eigenvalue weighted by Crippen LogP contribution is 2.16. The molecule has 7 nitrogen and oxygen atoms in total. The molecule has 7 heteroatoms. The summed E-state index contributed by atoms with van der Waals surface area (Å²) in [5, 5.41) is 14.2. The van der Waals surface area contributed by atoms with Crippen LogP contribution in [0.25, 0.3) is 0 Å². The van der Waals surface area contributed by atoms with Gasteiger partial charge in [0.15, 0.2) is 0 Å². The van der Waals surface area contributed by atoms with Gasteiger partial charge in [-0.05, 0) is 24.7 Å². The minimum Gasteiger partial charge on any atom is -0.481 e. The number of likely N-dealkylation sites (tertiary alicyclic amines) is 1. The fourth-order valence-electron chi connectivity index (χ4n) is 2.37. The number of carboxylic acids is 1. The zero-order valence-corrected chi connectivity index (χ0v) is 12.7. The second-order valence-corrected chi connectivity index (χ2v) is 5.76. The van der Waals surface area contributed by atoms with Gasteiger partial charge in [0.05, 0.1) is 0 Å².